The molecule has 3 rings (SSSR count). The van der Waals surface area contributed by atoms with E-state index >= 15 is 0 Å². The van der Waals surface area contributed by atoms with Gasteiger partial charge in [-0.05, 0) is 39.0 Å². The number of primary amides is 1. The molecule has 3 aromatic rings. The molecule has 3 N–H and O–H groups in total. The molecular formula is C17H19N5OS. The fraction of sp³-hybridized carbons (Fsp3) is 0.235. The summed E-state index contributed by atoms with van der Waals surface area (Å²) >= 11 is 1.48. The largest absolute Gasteiger partial charge is 0.366 e. The Morgan fingerprint density at radius 2 is 2.04 bits per heavy atom. The van der Waals surface area contributed by atoms with Crippen LogP contribution in [-0.2, 0) is 7.05 Å². The molecule has 3 heterocycles. The summed E-state index contributed by atoms with van der Waals surface area (Å²) in [6.45, 7) is 5.89. The van der Waals surface area contributed by atoms with Gasteiger partial charge >= 0.3 is 0 Å². The molecule has 0 atom stereocenters. The van der Waals surface area contributed by atoms with Crippen LogP contribution in [0.4, 0.5) is 10.8 Å². The van der Waals surface area contributed by atoms with Gasteiger partial charge in [-0.3, -0.25) is 9.48 Å². The van der Waals surface area contributed by atoms with E-state index in [0.29, 0.717) is 16.4 Å². The minimum atomic E-state index is -0.466. The van der Waals surface area contributed by atoms with Crippen molar-refractivity contribution in [3.05, 3.63) is 46.9 Å². The molecule has 3 aromatic heterocycles. The molecule has 0 unspecified atom stereocenters. The molecule has 0 aromatic carbocycles. The average molecular weight is 341 g/mol. The van der Waals surface area contributed by atoms with Gasteiger partial charge in [-0.2, -0.15) is 5.10 Å². The number of nitrogens with one attached hydrogen (secondary N) is 1. The number of hydrogen-bond donors (Lipinski definition) is 2. The normalized spacial score (nSPS) is 10.8. The van der Waals surface area contributed by atoms with E-state index < -0.39 is 5.91 Å². The minimum Gasteiger partial charge on any atom is -0.366 e. The first kappa shape index (κ1) is 16.2. The molecule has 6 nitrogen and oxygen atoms in total. The van der Waals surface area contributed by atoms with Gasteiger partial charge in [-0.25, -0.2) is 4.98 Å². The quantitative estimate of drug-likeness (QED) is 0.762. The fourth-order valence-electron chi connectivity index (χ4n) is 2.65. The maximum atomic E-state index is 11.8. The van der Waals surface area contributed by atoms with Gasteiger partial charge in [0.2, 0.25) is 0 Å². The Kier molecular flexibility index (Phi) is 4.11. The van der Waals surface area contributed by atoms with E-state index in [1.165, 1.54) is 11.3 Å². The Morgan fingerprint density at radius 3 is 2.62 bits per heavy atom. The number of anilines is 2. The highest BCUT2D eigenvalue weighted by Gasteiger charge is 2.19. The fourth-order valence-corrected chi connectivity index (χ4v) is 3.87. The van der Waals surface area contributed by atoms with Crippen molar-refractivity contribution in [2.24, 2.45) is 12.8 Å². The molecule has 0 aliphatic rings. The van der Waals surface area contributed by atoms with Gasteiger partial charge in [0, 0.05) is 28.9 Å². The molecule has 24 heavy (non-hydrogen) atoms. The zero-order valence-electron chi connectivity index (χ0n) is 14.0. The van der Waals surface area contributed by atoms with Crippen LogP contribution in [0.25, 0.3) is 10.4 Å². The van der Waals surface area contributed by atoms with Crippen LogP contribution in [-0.4, -0.2) is 20.7 Å². The maximum Gasteiger partial charge on any atom is 0.251 e. The summed E-state index contributed by atoms with van der Waals surface area (Å²) in [5, 5.41) is 8.34. The lowest BCUT2D eigenvalue weighted by Crippen LogP contribution is -2.11. The SMILES string of the molecule is Cc1cccc(Nc2sc(-c3c(C)nn(C)c3C)cc2C(N)=O)n1. The summed E-state index contributed by atoms with van der Waals surface area (Å²) in [5.41, 5.74) is 9.92. The van der Waals surface area contributed by atoms with Crippen LogP contribution in [0.2, 0.25) is 0 Å². The summed E-state index contributed by atoms with van der Waals surface area (Å²) in [7, 11) is 1.91. The highest BCUT2D eigenvalue weighted by molar-refractivity contribution is 7.20. The molecule has 124 valence electrons. The molecule has 0 aliphatic heterocycles. The third-order valence-electron chi connectivity index (χ3n) is 3.88. The van der Waals surface area contributed by atoms with Crippen molar-refractivity contribution in [2.75, 3.05) is 5.32 Å². The predicted molar refractivity (Wildman–Crippen MR) is 96.8 cm³/mol. The summed E-state index contributed by atoms with van der Waals surface area (Å²) < 4.78 is 1.84. The standard InChI is InChI=1S/C17H19N5OS/c1-9-6-5-7-14(19-9)20-17-12(16(18)23)8-13(24-17)15-10(2)21-22(4)11(15)3/h5-8H,1-4H3,(H2,18,23)(H,19,20). The van der Waals surface area contributed by atoms with E-state index in [2.05, 4.69) is 15.4 Å². The lowest BCUT2D eigenvalue weighted by atomic mass is 10.1. The number of aromatic nitrogens is 3. The maximum absolute atomic E-state index is 11.8. The molecule has 7 heteroatoms. The topological polar surface area (TPSA) is 85.8 Å². The Balaban J connectivity index is 2.07. The molecule has 0 fully saturated rings. The highest BCUT2D eigenvalue weighted by atomic mass is 32.1. The minimum absolute atomic E-state index is 0.459. The number of carbonyl (C=O) groups is 1. The van der Waals surface area contributed by atoms with Crippen LogP contribution in [0.3, 0.4) is 0 Å². The zero-order valence-corrected chi connectivity index (χ0v) is 14.9. The number of thiophene rings is 1. The first-order chi connectivity index (χ1) is 11.4. The molecule has 0 radical (unpaired) electrons. The Morgan fingerprint density at radius 1 is 1.29 bits per heavy atom. The van der Waals surface area contributed by atoms with E-state index in [0.717, 1.165) is 27.5 Å². The van der Waals surface area contributed by atoms with Gasteiger partial charge in [0.1, 0.15) is 10.8 Å². The van der Waals surface area contributed by atoms with E-state index in [-0.39, 0.29) is 0 Å². The van der Waals surface area contributed by atoms with Crippen LogP contribution in [0, 0.1) is 20.8 Å². The van der Waals surface area contributed by atoms with E-state index in [4.69, 9.17) is 5.73 Å². The van der Waals surface area contributed by atoms with Gasteiger partial charge < -0.3 is 11.1 Å². The third-order valence-corrected chi connectivity index (χ3v) is 4.95. The summed E-state index contributed by atoms with van der Waals surface area (Å²) in [4.78, 5) is 17.2. The molecule has 0 aliphatic carbocycles. The molecule has 0 spiro atoms. The Bertz CT molecular complexity index is 925. The van der Waals surface area contributed by atoms with Gasteiger partial charge in [-0.15, -0.1) is 11.3 Å². The number of nitrogens with zero attached hydrogens (tertiary/aromatic N) is 3. The second-order valence-corrected chi connectivity index (χ2v) is 6.73. The van der Waals surface area contributed by atoms with Crippen molar-refractivity contribution in [1.82, 2.24) is 14.8 Å². The number of pyridine rings is 1. The molecule has 0 saturated heterocycles. The molecule has 1 amide bonds. The zero-order chi connectivity index (χ0) is 17.4. The Hall–Kier alpha value is -2.67. The number of amides is 1. The van der Waals surface area contributed by atoms with Crippen LogP contribution >= 0.6 is 11.3 Å². The van der Waals surface area contributed by atoms with Crippen molar-refractivity contribution in [3.8, 4) is 10.4 Å². The van der Waals surface area contributed by atoms with Crippen LogP contribution < -0.4 is 11.1 Å². The second kappa shape index (κ2) is 6.09. The summed E-state index contributed by atoms with van der Waals surface area (Å²) in [6.07, 6.45) is 0. The first-order valence-electron chi connectivity index (χ1n) is 7.51. The van der Waals surface area contributed by atoms with Gasteiger partial charge in [-0.1, -0.05) is 6.07 Å². The van der Waals surface area contributed by atoms with Gasteiger partial charge in [0.25, 0.3) is 5.91 Å². The third kappa shape index (κ3) is 2.90. The predicted octanol–water partition coefficient (Wildman–Crippen LogP) is 3.31. The van der Waals surface area contributed by atoms with E-state index in [9.17, 15) is 4.79 Å². The number of aryl methyl sites for hydroxylation is 3. The molecule has 0 saturated carbocycles. The number of rotatable bonds is 4. The van der Waals surface area contributed by atoms with Crippen LogP contribution in [0.5, 0.6) is 0 Å². The van der Waals surface area contributed by atoms with Crippen molar-refractivity contribution in [2.45, 2.75) is 20.8 Å². The average Bonchev–Trinajstić information content (AvgIpc) is 3.01. The smallest absolute Gasteiger partial charge is 0.251 e. The molecular weight excluding hydrogens is 322 g/mol. The van der Waals surface area contributed by atoms with Gasteiger partial charge in [0.15, 0.2) is 0 Å². The lowest BCUT2D eigenvalue weighted by molar-refractivity contribution is 0.100. The Labute approximate surface area is 144 Å². The van der Waals surface area contributed by atoms with Crippen molar-refractivity contribution < 1.29 is 4.79 Å². The van der Waals surface area contributed by atoms with Crippen LogP contribution in [0.1, 0.15) is 27.4 Å². The number of hydrogen-bond acceptors (Lipinski definition) is 5. The second-order valence-electron chi connectivity index (χ2n) is 5.68. The van der Waals surface area contributed by atoms with Crippen LogP contribution in [0.15, 0.2) is 24.3 Å². The molecule has 0 bridgehead atoms. The summed E-state index contributed by atoms with van der Waals surface area (Å²) in [6, 6.07) is 7.51. The first-order valence-corrected chi connectivity index (χ1v) is 8.33. The van der Waals surface area contributed by atoms with Crippen molar-refractivity contribution in [1.29, 1.82) is 0 Å². The van der Waals surface area contributed by atoms with E-state index in [1.54, 1.807) is 0 Å². The van der Waals surface area contributed by atoms with Crippen molar-refractivity contribution >= 4 is 28.1 Å². The van der Waals surface area contributed by atoms with Crippen molar-refractivity contribution in [3.63, 3.8) is 0 Å². The summed E-state index contributed by atoms with van der Waals surface area (Å²) in [5.74, 6) is 0.220. The van der Waals surface area contributed by atoms with E-state index in [1.807, 2.05) is 56.8 Å². The number of carbonyl (C=O) groups excluding carboxylic acids is 1. The lowest BCUT2D eigenvalue weighted by Gasteiger charge is -2.05. The van der Waals surface area contributed by atoms with Gasteiger partial charge in [0.05, 0.1) is 11.3 Å². The monoisotopic (exact) mass is 341 g/mol. The highest BCUT2D eigenvalue weighted by Crippen LogP contribution is 2.39. The number of nitrogens with two attached hydrogens (primary N) is 1.